The molecule has 6 heteroatoms. The zero-order valence-corrected chi connectivity index (χ0v) is 14.8. The molecule has 142 valence electrons. The van der Waals surface area contributed by atoms with Crippen molar-refractivity contribution in [2.45, 2.75) is 103 Å². The minimum Gasteiger partial charge on any atom is -0.386 e. The maximum atomic E-state index is 11.9. The molecule has 0 radical (unpaired) electrons. The molecule has 0 aromatic carbocycles. The molecule has 0 aliphatic rings. The summed E-state index contributed by atoms with van der Waals surface area (Å²) in [6, 6.07) is 0. The molecule has 0 N–H and O–H groups in total. The van der Waals surface area contributed by atoms with Gasteiger partial charge < -0.3 is 4.74 Å². The largest absolute Gasteiger partial charge is 0.491 e. The van der Waals surface area contributed by atoms with Crippen molar-refractivity contribution >= 4 is 11.9 Å². The number of hydrogen-bond acceptors (Lipinski definition) is 3. The summed E-state index contributed by atoms with van der Waals surface area (Å²) >= 11 is 0. The minimum absolute atomic E-state index is 0.139. The molecule has 3 nitrogen and oxygen atoms in total. The van der Waals surface area contributed by atoms with Crippen molar-refractivity contribution in [3.05, 3.63) is 0 Å². The Morgan fingerprint density at radius 1 is 0.708 bits per heavy atom. The zero-order chi connectivity index (χ0) is 18.3. The van der Waals surface area contributed by atoms with Gasteiger partial charge in [0.25, 0.3) is 0 Å². The smallest absolute Gasteiger partial charge is 0.386 e. The Morgan fingerprint density at radius 2 is 1.08 bits per heavy atom. The van der Waals surface area contributed by atoms with Crippen LogP contribution in [0.4, 0.5) is 13.2 Å². The highest BCUT2D eigenvalue weighted by Gasteiger charge is 2.42. The lowest BCUT2D eigenvalue weighted by Crippen LogP contribution is -2.27. The van der Waals surface area contributed by atoms with Crippen LogP contribution in [0.1, 0.15) is 96.8 Å². The summed E-state index contributed by atoms with van der Waals surface area (Å²) in [7, 11) is 0. The molecular weight excluding hydrogens is 321 g/mol. The average molecular weight is 352 g/mol. The van der Waals surface area contributed by atoms with E-state index >= 15 is 0 Å². The predicted octanol–water partition coefficient (Wildman–Crippen LogP) is 6.10. The molecule has 0 spiro atoms. The topological polar surface area (TPSA) is 43.4 Å². The van der Waals surface area contributed by atoms with Crippen LogP contribution in [0.25, 0.3) is 0 Å². The number of alkyl halides is 3. The first-order chi connectivity index (χ1) is 11.4. The van der Waals surface area contributed by atoms with Crippen LogP contribution in [0.5, 0.6) is 0 Å². The first kappa shape index (κ1) is 22.9. The molecule has 0 atom stereocenters. The van der Waals surface area contributed by atoms with Gasteiger partial charge in [-0.1, -0.05) is 84.0 Å². The van der Waals surface area contributed by atoms with E-state index in [4.69, 9.17) is 0 Å². The maximum Gasteiger partial charge on any atom is 0.491 e. The van der Waals surface area contributed by atoms with Crippen LogP contribution in [-0.4, -0.2) is 18.1 Å². The van der Waals surface area contributed by atoms with E-state index in [1.807, 2.05) is 0 Å². The molecule has 0 saturated carbocycles. The normalized spacial score (nSPS) is 11.5. The van der Waals surface area contributed by atoms with Gasteiger partial charge in [-0.05, 0) is 6.42 Å². The summed E-state index contributed by atoms with van der Waals surface area (Å²) in [5.41, 5.74) is 0. The summed E-state index contributed by atoms with van der Waals surface area (Å²) < 4.78 is 39.3. The second-order valence-corrected chi connectivity index (χ2v) is 6.25. The van der Waals surface area contributed by atoms with Gasteiger partial charge in [0.1, 0.15) is 0 Å². The monoisotopic (exact) mass is 352 g/mol. The molecule has 0 bridgehead atoms. The minimum atomic E-state index is -5.11. The molecule has 0 rings (SSSR count). The Balaban J connectivity index is 3.31. The van der Waals surface area contributed by atoms with E-state index in [-0.39, 0.29) is 6.42 Å². The van der Waals surface area contributed by atoms with Gasteiger partial charge in [-0.3, -0.25) is 4.79 Å². The molecule has 0 aromatic rings. The van der Waals surface area contributed by atoms with Gasteiger partial charge >= 0.3 is 18.1 Å². The zero-order valence-electron chi connectivity index (χ0n) is 14.8. The van der Waals surface area contributed by atoms with Crippen LogP contribution in [-0.2, 0) is 14.3 Å². The van der Waals surface area contributed by atoms with E-state index < -0.39 is 18.1 Å². The van der Waals surface area contributed by atoms with Crippen molar-refractivity contribution in [1.29, 1.82) is 0 Å². The number of esters is 2. The van der Waals surface area contributed by atoms with Crippen molar-refractivity contribution in [1.82, 2.24) is 0 Å². The Kier molecular flexibility index (Phi) is 13.7. The van der Waals surface area contributed by atoms with E-state index in [0.717, 1.165) is 25.7 Å². The van der Waals surface area contributed by atoms with Crippen molar-refractivity contribution in [2.75, 3.05) is 0 Å². The number of carbonyl (C=O) groups excluding carboxylic acids is 2. The summed E-state index contributed by atoms with van der Waals surface area (Å²) in [6.07, 6.45) is 9.55. The fourth-order valence-electron chi connectivity index (χ4n) is 2.50. The highest BCUT2D eigenvalue weighted by Crippen LogP contribution is 2.17. The Bertz CT molecular complexity index is 341. The highest BCUT2D eigenvalue weighted by molar-refractivity contribution is 5.88. The molecule has 0 amide bonds. The number of halogens is 3. The summed E-state index contributed by atoms with van der Waals surface area (Å²) in [5.74, 6) is -3.53. The highest BCUT2D eigenvalue weighted by atomic mass is 19.4. The molecule has 0 aliphatic carbocycles. The number of unbranched alkanes of at least 4 members (excludes halogenated alkanes) is 12. The van der Waals surface area contributed by atoms with E-state index in [2.05, 4.69) is 11.7 Å². The van der Waals surface area contributed by atoms with E-state index in [9.17, 15) is 22.8 Å². The van der Waals surface area contributed by atoms with Crippen LogP contribution in [0.15, 0.2) is 0 Å². The van der Waals surface area contributed by atoms with Crippen LogP contribution in [0, 0.1) is 0 Å². The van der Waals surface area contributed by atoms with Crippen molar-refractivity contribution in [3.8, 4) is 0 Å². The molecule has 24 heavy (non-hydrogen) atoms. The third kappa shape index (κ3) is 14.5. The average Bonchev–Trinajstić information content (AvgIpc) is 2.51. The molecule has 0 fully saturated rings. The summed E-state index contributed by atoms with van der Waals surface area (Å²) in [4.78, 5) is 21.5. The lowest BCUT2D eigenvalue weighted by atomic mass is 10.0. The van der Waals surface area contributed by atoms with E-state index in [0.29, 0.717) is 6.42 Å². The lowest BCUT2D eigenvalue weighted by molar-refractivity contribution is -0.201. The first-order valence-corrected chi connectivity index (χ1v) is 9.19. The van der Waals surface area contributed by atoms with Crippen LogP contribution < -0.4 is 0 Å². The lowest BCUT2D eigenvalue weighted by Gasteiger charge is -2.05. The molecule has 0 aliphatic heterocycles. The molecule has 0 unspecified atom stereocenters. The number of carbonyl (C=O) groups is 2. The van der Waals surface area contributed by atoms with Gasteiger partial charge in [0.15, 0.2) is 0 Å². The fraction of sp³-hybridized carbons (Fsp3) is 0.889. The predicted molar refractivity (Wildman–Crippen MR) is 87.5 cm³/mol. The molecule has 0 aromatic heterocycles. The van der Waals surface area contributed by atoms with Crippen molar-refractivity contribution in [3.63, 3.8) is 0 Å². The third-order valence-corrected chi connectivity index (χ3v) is 3.92. The van der Waals surface area contributed by atoms with Crippen molar-refractivity contribution < 1.29 is 27.5 Å². The third-order valence-electron chi connectivity index (χ3n) is 3.92. The Hall–Kier alpha value is -1.07. The first-order valence-electron chi connectivity index (χ1n) is 9.19. The molecule has 0 heterocycles. The number of rotatable bonds is 14. The van der Waals surface area contributed by atoms with Gasteiger partial charge in [0.05, 0.1) is 0 Å². The van der Waals surface area contributed by atoms with Crippen molar-refractivity contribution in [2.24, 2.45) is 0 Å². The fourth-order valence-corrected chi connectivity index (χ4v) is 2.50. The van der Waals surface area contributed by atoms with Crippen LogP contribution in [0.2, 0.25) is 0 Å². The van der Waals surface area contributed by atoms with Gasteiger partial charge in [-0.25, -0.2) is 4.79 Å². The quantitative estimate of drug-likeness (QED) is 0.215. The molecular formula is C18H31F3O3. The number of hydrogen-bond donors (Lipinski definition) is 0. The summed E-state index contributed by atoms with van der Waals surface area (Å²) in [6.45, 7) is 2.21. The van der Waals surface area contributed by atoms with E-state index in [1.165, 1.54) is 51.4 Å². The van der Waals surface area contributed by atoms with Gasteiger partial charge in [-0.2, -0.15) is 13.2 Å². The van der Waals surface area contributed by atoms with Gasteiger partial charge in [0, 0.05) is 6.42 Å². The van der Waals surface area contributed by atoms with Crippen LogP contribution >= 0.6 is 0 Å². The Morgan fingerprint density at radius 3 is 1.46 bits per heavy atom. The van der Waals surface area contributed by atoms with Gasteiger partial charge in [0.2, 0.25) is 0 Å². The van der Waals surface area contributed by atoms with E-state index in [1.54, 1.807) is 0 Å². The maximum absolute atomic E-state index is 11.9. The standard InChI is InChI=1S/C18H31F3O3/c1-2-3-4-5-6-7-8-9-10-11-12-13-14-15-16(22)24-17(23)18(19,20)21/h2-15H2,1H3. The Labute approximate surface area is 143 Å². The number of ether oxygens (including phenoxy) is 1. The van der Waals surface area contributed by atoms with Crippen LogP contribution in [0.3, 0.4) is 0 Å². The summed E-state index contributed by atoms with van der Waals surface area (Å²) in [5, 5.41) is 0. The molecule has 0 saturated heterocycles. The second-order valence-electron chi connectivity index (χ2n) is 6.25. The second kappa shape index (κ2) is 14.3. The SMILES string of the molecule is CCCCCCCCCCCCCCCC(=O)OC(=O)C(F)(F)F. The van der Waals surface area contributed by atoms with Gasteiger partial charge in [-0.15, -0.1) is 0 Å².